The van der Waals surface area contributed by atoms with Crippen LogP contribution in [0.4, 0.5) is 5.69 Å². The molecule has 0 saturated carbocycles. The number of benzene rings is 5. The summed E-state index contributed by atoms with van der Waals surface area (Å²) >= 11 is 0. The zero-order chi connectivity index (χ0) is 30.5. The van der Waals surface area contributed by atoms with E-state index in [1.807, 2.05) is 24.3 Å². The maximum atomic E-state index is 6.63. The predicted octanol–water partition coefficient (Wildman–Crippen LogP) is 10.1. The summed E-state index contributed by atoms with van der Waals surface area (Å²) < 4.78 is 8.95. The molecule has 0 spiro atoms. The molecule has 1 aliphatic heterocycles. The van der Waals surface area contributed by atoms with Gasteiger partial charge in [-0.2, -0.15) is 0 Å². The third kappa shape index (κ3) is 4.48. The van der Waals surface area contributed by atoms with Gasteiger partial charge in [0.25, 0.3) is 0 Å². The van der Waals surface area contributed by atoms with Crippen molar-refractivity contribution in [2.75, 3.05) is 5.32 Å². The van der Waals surface area contributed by atoms with E-state index in [4.69, 9.17) is 14.7 Å². The first kappa shape index (κ1) is 26.5. The fourth-order valence-electron chi connectivity index (χ4n) is 6.68. The Balaban J connectivity index is 1.19. The van der Waals surface area contributed by atoms with Gasteiger partial charge in [0, 0.05) is 27.8 Å². The van der Waals surface area contributed by atoms with Crippen LogP contribution in [0.3, 0.4) is 0 Å². The largest absolute Gasteiger partial charge is 0.464 e. The van der Waals surface area contributed by atoms with E-state index in [-0.39, 0.29) is 6.23 Å². The van der Waals surface area contributed by atoms with E-state index in [1.54, 1.807) is 0 Å². The predicted molar refractivity (Wildman–Crippen MR) is 187 cm³/mol. The molecule has 1 atom stereocenters. The summed E-state index contributed by atoms with van der Waals surface area (Å²) in [6.45, 7) is 0. The van der Waals surface area contributed by atoms with Gasteiger partial charge >= 0.3 is 0 Å². The molecule has 5 nitrogen and oxygen atoms in total. The molecule has 2 aromatic heterocycles. The van der Waals surface area contributed by atoms with Gasteiger partial charge in [0.2, 0.25) is 0 Å². The third-order valence-corrected chi connectivity index (χ3v) is 8.86. The molecule has 1 aliphatic carbocycles. The van der Waals surface area contributed by atoms with Gasteiger partial charge in [-0.1, -0.05) is 109 Å². The summed E-state index contributed by atoms with van der Waals surface area (Å²) in [6, 6.07) is 44.2. The standard InChI is InChI=1S/C41H30N4O/c1-4-13-27(14-5-1)34-26-35(28-15-6-2-7-16-28)43-40(42-34)30-19-12-20-31(25-30)45-36-22-11-10-21-32(36)38-37(45)24-23-33-39(38)46-41(44-33)29-17-8-3-9-18-29/h1,3-6,8-26,41,44H,2,7H2. The number of ether oxygens (including phenoxy) is 1. The number of rotatable bonds is 5. The molecule has 0 amide bonds. The molecular weight excluding hydrogens is 564 g/mol. The first-order chi connectivity index (χ1) is 22.8. The number of nitrogens with one attached hydrogen (secondary N) is 1. The van der Waals surface area contributed by atoms with Gasteiger partial charge in [0.05, 0.1) is 33.5 Å². The molecule has 9 rings (SSSR count). The zero-order valence-corrected chi connectivity index (χ0v) is 25.1. The lowest BCUT2D eigenvalue weighted by Gasteiger charge is -2.13. The monoisotopic (exact) mass is 594 g/mol. The first-order valence-electron chi connectivity index (χ1n) is 15.8. The van der Waals surface area contributed by atoms with Crippen LogP contribution in [-0.2, 0) is 0 Å². The summed E-state index contributed by atoms with van der Waals surface area (Å²) in [7, 11) is 0. The molecule has 0 saturated heterocycles. The van der Waals surface area contributed by atoms with Crippen LogP contribution in [0.1, 0.15) is 30.3 Å². The highest BCUT2D eigenvalue weighted by molar-refractivity contribution is 6.14. The number of anilines is 1. The van der Waals surface area contributed by atoms with Gasteiger partial charge in [0.1, 0.15) is 0 Å². The molecular formula is C41H30N4O. The van der Waals surface area contributed by atoms with Crippen molar-refractivity contribution in [3.63, 3.8) is 0 Å². The highest BCUT2D eigenvalue weighted by Gasteiger charge is 2.28. The van der Waals surface area contributed by atoms with Crippen molar-refractivity contribution in [1.29, 1.82) is 0 Å². The second kappa shape index (κ2) is 10.9. The van der Waals surface area contributed by atoms with Gasteiger partial charge in [-0.25, -0.2) is 9.97 Å². The number of hydrogen-bond donors (Lipinski definition) is 1. The molecule has 0 bridgehead atoms. The van der Waals surface area contributed by atoms with Crippen LogP contribution in [0.15, 0.2) is 146 Å². The zero-order valence-electron chi connectivity index (χ0n) is 25.1. The minimum Gasteiger partial charge on any atom is -0.464 e. The Hall–Kier alpha value is -5.94. The van der Waals surface area contributed by atoms with E-state index < -0.39 is 0 Å². The fourth-order valence-corrected chi connectivity index (χ4v) is 6.68. The number of hydrogen-bond acceptors (Lipinski definition) is 4. The first-order valence-corrected chi connectivity index (χ1v) is 15.8. The molecule has 5 heteroatoms. The van der Waals surface area contributed by atoms with Crippen LogP contribution in [0.2, 0.25) is 0 Å². The Morgan fingerprint density at radius 3 is 2.30 bits per heavy atom. The molecule has 1 unspecified atom stereocenters. The minimum absolute atomic E-state index is 0.232. The molecule has 3 heterocycles. The molecule has 220 valence electrons. The summed E-state index contributed by atoms with van der Waals surface area (Å²) in [5, 5.41) is 5.83. The summed E-state index contributed by atoms with van der Waals surface area (Å²) in [5.74, 6) is 1.59. The van der Waals surface area contributed by atoms with E-state index >= 15 is 0 Å². The van der Waals surface area contributed by atoms with E-state index in [2.05, 4.69) is 131 Å². The Kier molecular flexibility index (Phi) is 6.27. The second-order valence-electron chi connectivity index (χ2n) is 11.8. The Bertz CT molecular complexity index is 2320. The lowest BCUT2D eigenvalue weighted by atomic mass is 10.0. The molecule has 1 N–H and O–H groups in total. The lowest BCUT2D eigenvalue weighted by Crippen LogP contribution is -2.09. The van der Waals surface area contributed by atoms with Crippen molar-refractivity contribution in [1.82, 2.24) is 14.5 Å². The van der Waals surface area contributed by atoms with Crippen molar-refractivity contribution in [2.24, 2.45) is 0 Å². The van der Waals surface area contributed by atoms with E-state index in [0.717, 1.165) is 85.4 Å². The number of fused-ring (bicyclic) bond motifs is 5. The minimum atomic E-state index is -0.232. The number of para-hydroxylation sites is 1. The molecule has 2 aliphatic rings. The average Bonchev–Trinajstić information content (AvgIpc) is 3.72. The maximum Gasteiger partial charge on any atom is 0.196 e. The summed E-state index contributed by atoms with van der Waals surface area (Å²) in [6.07, 6.45) is 8.52. The van der Waals surface area contributed by atoms with Crippen LogP contribution in [0.5, 0.6) is 5.75 Å². The highest BCUT2D eigenvalue weighted by atomic mass is 16.5. The third-order valence-electron chi connectivity index (χ3n) is 8.86. The van der Waals surface area contributed by atoms with Crippen molar-refractivity contribution < 1.29 is 4.74 Å². The van der Waals surface area contributed by atoms with E-state index in [1.165, 1.54) is 0 Å². The molecule has 7 aromatic rings. The Labute approximate surface area is 267 Å². The highest BCUT2D eigenvalue weighted by Crippen LogP contribution is 2.47. The Morgan fingerprint density at radius 1 is 0.674 bits per heavy atom. The number of allylic oxidation sites excluding steroid dienone is 4. The van der Waals surface area contributed by atoms with E-state index in [9.17, 15) is 0 Å². The summed E-state index contributed by atoms with van der Waals surface area (Å²) in [4.78, 5) is 10.2. The van der Waals surface area contributed by atoms with Gasteiger partial charge < -0.3 is 14.6 Å². The molecule has 5 aromatic carbocycles. The maximum absolute atomic E-state index is 6.63. The van der Waals surface area contributed by atoms with Crippen LogP contribution in [-0.4, -0.2) is 14.5 Å². The van der Waals surface area contributed by atoms with Crippen molar-refractivity contribution in [3.05, 3.63) is 157 Å². The van der Waals surface area contributed by atoms with Crippen LogP contribution >= 0.6 is 0 Å². The average molecular weight is 595 g/mol. The molecule has 0 fully saturated rings. The topological polar surface area (TPSA) is 52.0 Å². The van der Waals surface area contributed by atoms with Crippen LogP contribution < -0.4 is 10.1 Å². The Morgan fingerprint density at radius 2 is 1.46 bits per heavy atom. The van der Waals surface area contributed by atoms with Gasteiger partial charge in [-0.15, -0.1) is 0 Å². The van der Waals surface area contributed by atoms with Crippen LogP contribution in [0, 0.1) is 0 Å². The normalized spacial score (nSPS) is 15.4. The summed E-state index contributed by atoms with van der Waals surface area (Å²) in [5.41, 5.74) is 10.4. The van der Waals surface area contributed by atoms with Crippen LogP contribution in [0.25, 0.3) is 55.7 Å². The lowest BCUT2D eigenvalue weighted by molar-refractivity contribution is 0.263. The number of nitrogens with zero attached hydrogens (tertiary/aromatic N) is 3. The quantitative estimate of drug-likeness (QED) is 0.215. The SMILES string of the molecule is C1=CC(c2cc(-c3ccccc3)nc(-c3cccc(-n4c5ccccc5c5c6c(ccc54)NC(c4ccccc4)O6)c3)n2)=CCC1. The number of aromatic nitrogens is 3. The molecule has 0 radical (unpaired) electrons. The van der Waals surface area contributed by atoms with E-state index in [0.29, 0.717) is 5.82 Å². The van der Waals surface area contributed by atoms with Gasteiger partial charge in [-0.3, -0.25) is 0 Å². The molecule has 46 heavy (non-hydrogen) atoms. The van der Waals surface area contributed by atoms with Crippen molar-refractivity contribution in [2.45, 2.75) is 19.1 Å². The van der Waals surface area contributed by atoms with Gasteiger partial charge in [-0.05, 0) is 54.8 Å². The van der Waals surface area contributed by atoms with Crippen molar-refractivity contribution >= 4 is 33.1 Å². The second-order valence-corrected chi connectivity index (χ2v) is 11.8. The van der Waals surface area contributed by atoms with Gasteiger partial charge in [0.15, 0.2) is 17.8 Å². The fraction of sp³-hybridized carbons (Fsp3) is 0.0732. The smallest absolute Gasteiger partial charge is 0.196 e. The van der Waals surface area contributed by atoms with Crippen molar-refractivity contribution in [3.8, 4) is 34.1 Å².